The van der Waals surface area contributed by atoms with Crippen LogP contribution in [-0.4, -0.2) is 57.0 Å². The van der Waals surface area contributed by atoms with Crippen molar-refractivity contribution < 1.29 is 13.2 Å². The van der Waals surface area contributed by atoms with E-state index in [-0.39, 0.29) is 10.9 Å². The summed E-state index contributed by atoms with van der Waals surface area (Å²) in [6.45, 7) is 6.23. The normalized spacial score (nSPS) is 18.1. The van der Waals surface area contributed by atoms with Crippen LogP contribution in [0.5, 0.6) is 5.75 Å². The van der Waals surface area contributed by atoms with Crippen LogP contribution >= 0.6 is 0 Å². The van der Waals surface area contributed by atoms with Gasteiger partial charge in [-0.1, -0.05) is 12.1 Å². The fraction of sp³-hybridized carbons (Fsp3) is 0.625. The molecular weight excluding hydrogens is 300 g/mol. The molecule has 0 radical (unpaired) electrons. The predicted octanol–water partition coefficient (Wildman–Crippen LogP) is 2.19. The Bertz CT molecular complexity index is 593. The van der Waals surface area contributed by atoms with Crippen LogP contribution in [0, 0.1) is 0 Å². The molecule has 1 heterocycles. The molecule has 0 aliphatic carbocycles. The molecule has 6 heteroatoms. The van der Waals surface area contributed by atoms with Gasteiger partial charge in [0.2, 0.25) is 10.0 Å². The summed E-state index contributed by atoms with van der Waals surface area (Å²) in [4.78, 5) is 2.63. The molecular formula is C16H26N2O3S. The number of hydrogen-bond donors (Lipinski definition) is 0. The molecule has 1 aromatic carbocycles. The average molecular weight is 326 g/mol. The van der Waals surface area contributed by atoms with Crippen LogP contribution in [0.1, 0.15) is 26.7 Å². The quantitative estimate of drug-likeness (QED) is 0.832. The van der Waals surface area contributed by atoms with Crippen molar-refractivity contribution in [1.29, 1.82) is 0 Å². The Labute approximate surface area is 133 Å². The number of rotatable bonds is 5. The lowest BCUT2D eigenvalue weighted by Crippen LogP contribution is -2.47. The Kier molecular flexibility index (Phi) is 5.47. The van der Waals surface area contributed by atoms with Crippen LogP contribution in [-0.2, 0) is 10.0 Å². The summed E-state index contributed by atoms with van der Waals surface area (Å²) in [7, 11) is -0.356. The topological polar surface area (TPSA) is 49.9 Å². The van der Waals surface area contributed by atoms with Crippen LogP contribution in [0.3, 0.4) is 0 Å². The molecule has 5 nitrogen and oxygen atoms in total. The van der Waals surface area contributed by atoms with Crippen molar-refractivity contribution in [3.05, 3.63) is 24.3 Å². The highest BCUT2D eigenvalue weighted by Gasteiger charge is 2.32. The van der Waals surface area contributed by atoms with Crippen molar-refractivity contribution in [3.8, 4) is 5.75 Å². The molecule has 0 spiro atoms. The zero-order chi connectivity index (χ0) is 16.3. The maximum Gasteiger partial charge on any atom is 0.246 e. The first kappa shape index (κ1) is 17.2. The second-order valence-electron chi connectivity index (χ2n) is 6.03. The van der Waals surface area contributed by atoms with Gasteiger partial charge in [-0.05, 0) is 51.9 Å². The van der Waals surface area contributed by atoms with Gasteiger partial charge in [0.15, 0.2) is 0 Å². The Morgan fingerprint density at radius 1 is 1.23 bits per heavy atom. The number of para-hydroxylation sites is 1. The smallest absolute Gasteiger partial charge is 0.246 e. The summed E-state index contributed by atoms with van der Waals surface area (Å²) in [6.07, 6.45) is 1.73. The summed E-state index contributed by atoms with van der Waals surface area (Å²) in [5, 5.41) is 0. The van der Waals surface area contributed by atoms with E-state index < -0.39 is 10.0 Å². The minimum atomic E-state index is -3.53. The Morgan fingerprint density at radius 3 is 2.36 bits per heavy atom. The Hall–Kier alpha value is -1.11. The van der Waals surface area contributed by atoms with Crippen LogP contribution in [0.25, 0.3) is 0 Å². The van der Waals surface area contributed by atoms with Gasteiger partial charge in [0.1, 0.15) is 10.6 Å². The van der Waals surface area contributed by atoms with E-state index in [4.69, 9.17) is 4.74 Å². The van der Waals surface area contributed by atoms with Gasteiger partial charge in [0, 0.05) is 19.1 Å². The molecule has 1 saturated heterocycles. The summed E-state index contributed by atoms with van der Waals surface area (Å²) < 4.78 is 32.4. The van der Waals surface area contributed by atoms with Crippen LogP contribution in [0.4, 0.5) is 0 Å². The van der Waals surface area contributed by atoms with Gasteiger partial charge in [0.25, 0.3) is 0 Å². The number of sulfonamides is 1. The first-order valence-corrected chi connectivity index (χ1v) is 9.17. The largest absolute Gasteiger partial charge is 0.495 e. The number of benzene rings is 1. The molecule has 1 aromatic rings. The summed E-state index contributed by atoms with van der Waals surface area (Å²) in [5.41, 5.74) is 0. The number of methoxy groups -OCH3 is 1. The molecule has 0 saturated carbocycles. The van der Waals surface area contributed by atoms with Gasteiger partial charge >= 0.3 is 0 Å². The zero-order valence-corrected chi connectivity index (χ0v) is 14.6. The number of likely N-dealkylation sites (tertiary alicyclic amines) is 1. The van der Waals surface area contributed by atoms with E-state index >= 15 is 0 Å². The van der Waals surface area contributed by atoms with Crippen molar-refractivity contribution in [3.63, 3.8) is 0 Å². The predicted molar refractivity (Wildman–Crippen MR) is 87.7 cm³/mol. The molecule has 0 amide bonds. The van der Waals surface area contributed by atoms with Gasteiger partial charge in [-0.2, -0.15) is 4.31 Å². The Balaban J connectivity index is 2.16. The molecule has 124 valence electrons. The van der Waals surface area contributed by atoms with Gasteiger partial charge in [-0.3, -0.25) is 0 Å². The lowest BCUT2D eigenvalue weighted by atomic mass is 10.0. The van der Waals surface area contributed by atoms with Crippen molar-refractivity contribution in [2.75, 3.05) is 27.2 Å². The minimum Gasteiger partial charge on any atom is -0.495 e. The maximum atomic E-state index is 12.9. The van der Waals surface area contributed by atoms with E-state index in [0.717, 1.165) is 25.9 Å². The molecule has 0 aromatic heterocycles. The van der Waals surface area contributed by atoms with Crippen molar-refractivity contribution in [2.24, 2.45) is 0 Å². The molecule has 0 unspecified atom stereocenters. The highest BCUT2D eigenvalue weighted by molar-refractivity contribution is 7.89. The van der Waals surface area contributed by atoms with Gasteiger partial charge in [-0.15, -0.1) is 0 Å². The Morgan fingerprint density at radius 2 is 1.82 bits per heavy atom. The molecule has 22 heavy (non-hydrogen) atoms. The van der Waals surface area contributed by atoms with E-state index in [1.165, 1.54) is 11.4 Å². The van der Waals surface area contributed by atoms with E-state index in [1.807, 2.05) is 0 Å². The fourth-order valence-corrected chi connectivity index (χ4v) is 4.52. The lowest BCUT2D eigenvalue weighted by molar-refractivity contribution is 0.140. The molecule has 0 bridgehead atoms. The maximum absolute atomic E-state index is 12.9. The van der Waals surface area contributed by atoms with E-state index in [2.05, 4.69) is 18.7 Å². The third-order valence-corrected chi connectivity index (χ3v) is 6.42. The number of ether oxygens (including phenoxy) is 1. The highest BCUT2D eigenvalue weighted by Crippen LogP contribution is 2.29. The summed E-state index contributed by atoms with van der Waals surface area (Å²) in [6, 6.07) is 7.35. The second-order valence-corrected chi connectivity index (χ2v) is 8.00. The van der Waals surface area contributed by atoms with Crippen LogP contribution in [0.2, 0.25) is 0 Å². The summed E-state index contributed by atoms with van der Waals surface area (Å²) in [5.74, 6) is 0.397. The molecule has 1 aliphatic rings. The van der Waals surface area contributed by atoms with Gasteiger partial charge in [0.05, 0.1) is 7.11 Å². The van der Waals surface area contributed by atoms with E-state index in [9.17, 15) is 8.42 Å². The van der Waals surface area contributed by atoms with Crippen molar-refractivity contribution in [2.45, 2.75) is 43.7 Å². The minimum absolute atomic E-state index is 0.0462. The first-order chi connectivity index (χ1) is 10.4. The monoisotopic (exact) mass is 326 g/mol. The van der Waals surface area contributed by atoms with Gasteiger partial charge < -0.3 is 9.64 Å². The first-order valence-electron chi connectivity index (χ1n) is 7.73. The second kappa shape index (κ2) is 6.98. The van der Waals surface area contributed by atoms with E-state index in [1.54, 1.807) is 31.3 Å². The number of hydrogen-bond acceptors (Lipinski definition) is 4. The molecule has 0 N–H and O–H groups in total. The van der Waals surface area contributed by atoms with Gasteiger partial charge in [-0.25, -0.2) is 8.42 Å². The van der Waals surface area contributed by atoms with Crippen LogP contribution in [0.15, 0.2) is 29.2 Å². The lowest BCUT2D eigenvalue weighted by Gasteiger charge is -2.38. The number of nitrogens with zero attached hydrogens (tertiary/aromatic N) is 2. The highest BCUT2D eigenvalue weighted by atomic mass is 32.2. The zero-order valence-electron chi connectivity index (χ0n) is 13.8. The third kappa shape index (κ3) is 3.45. The number of piperidine rings is 1. The SMILES string of the molecule is COc1ccccc1S(=O)(=O)N(C)C1CCN(C(C)C)CC1. The molecule has 1 aliphatic heterocycles. The van der Waals surface area contributed by atoms with Crippen molar-refractivity contribution >= 4 is 10.0 Å². The molecule has 0 atom stereocenters. The third-order valence-electron chi connectivity index (χ3n) is 4.47. The summed E-state index contributed by atoms with van der Waals surface area (Å²) >= 11 is 0. The molecule has 2 rings (SSSR count). The van der Waals surface area contributed by atoms with Crippen LogP contribution < -0.4 is 4.74 Å². The fourth-order valence-electron chi connectivity index (χ4n) is 2.95. The van der Waals surface area contributed by atoms with Crippen molar-refractivity contribution in [1.82, 2.24) is 9.21 Å². The molecule has 1 fully saturated rings. The standard InChI is InChI=1S/C16H26N2O3S/c1-13(2)18-11-9-14(10-12-18)17(3)22(19,20)16-8-6-5-7-15(16)21-4/h5-8,13-14H,9-12H2,1-4H3. The average Bonchev–Trinajstić information content (AvgIpc) is 2.54. The van der Waals surface area contributed by atoms with E-state index in [0.29, 0.717) is 11.8 Å².